The van der Waals surface area contributed by atoms with E-state index >= 15 is 0 Å². The molecule has 0 aliphatic heterocycles. The molecule has 0 heterocycles. The van der Waals surface area contributed by atoms with Crippen molar-refractivity contribution in [3.63, 3.8) is 0 Å². The van der Waals surface area contributed by atoms with Crippen LogP contribution in [0, 0.1) is 11.8 Å². The van der Waals surface area contributed by atoms with Crippen molar-refractivity contribution in [1.29, 1.82) is 0 Å². The molecule has 2 N–H and O–H groups in total. The van der Waals surface area contributed by atoms with Crippen LogP contribution in [0.3, 0.4) is 0 Å². The largest absolute Gasteiger partial charge is 0.354 e. The summed E-state index contributed by atoms with van der Waals surface area (Å²) in [5.74, 6) is 0.606. The number of hydrogen-bond donors (Lipinski definition) is 2. The maximum absolute atomic E-state index is 11.7. The Morgan fingerprint density at radius 3 is 2.37 bits per heavy atom. The molecule has 2 amide bonds. The fourth-order valence-corrected chi connectivity index (χ4v) is 2.01. The maximum atomic E-state index is 11.7. The van der Waals surface area contributed by atoms with Crippen molar-refractivity contribution in [2.24, 2.45) is 11.8 Å². The van der Waals surface area contributed by atoms with Crippen LogP contribution in [0.4, 0.5) is 0 Å². The second-order valence-corrected chi connectivity index (χ2v) is 5.31. The highest BCUT2D eigenvalue weighted by Crippen LogP contribution is 2.37. The van der Waals surface area contributed by atoms with Crippen LogP contribution in [-0.2, 0) is 4.79 Å². The molecule has 0 unspecified atom stereocenters. The van der Waals surface area contributed by atoms with Crippen molar-refractivity contribution in [2.45, 2.75) is 13.3 Å². The van der Waals surface area contributed by atoms with Gasteiger partial charge >= 0.3 is 0 Å². The SMILES string of the molecule is C[C@H]1C[C@H]1C(=O)NCCNC(=O)c1ccc(Cl)cc1. The lowest BCUT2D eigenvalue weighted by Gasteiger charge is -2.07. The van der Waals surface area contributed by atoms with Gasteiger partial charge in [-0.05, 0) is 36.6 Å². The fraction of sp³-hybridized carbons (Fsp3) is 0.429. The topological polar surface area (TPSA) is 58.2 Å². The molecular weight excluding hydrogens is 264 g/mol. The molecule has 1 aromatic carbocycles. The molecular formula is C14H17ClN2O2. The molecule has 0 saturated heterocycles. The molecule has 1 saturated carbocycles. The Labute approximate surface area is 117 Å². The minimum absolute atomic E-state index is 0.0910. The molecule has 0 spiro atoms. The average molecular weight is 281 g/mol. The van der Waals surface area contributed by atoms with Crippen LogP contribution in [0.2, 0.25) is 5.02 Å². The van der Waals surface area contributed by atoms with E-state index < -0.39 is 0 Å². The summed E-state index contributed by atoms with van der Waals surface area (Å²) in [6.45, 7) is 2.95. The van der Waals surface area contributed by atoms with Gasteiger partial charge in [0.05, 0.1) is 0 Å². The van der Waals surface area contributed by atoms with Crippen molar-refractivity contribution in [2.75, 3.05) is 13.1 Å². The molecule has 0 aromatic heterocycles. The first-order valence-electron chi connectivity index (χ1n) is 6.39. The lowest BCUT2D eigenvalue weighted by Crippen LogP contribution is -2.35. The Balaban J connectivity index is 1.66. The predicted molar refractivity (Wildman–Crippen MR) is 74.1 cm³/mol. The summed E-state index contributed by atoms with van der Waals surface area (Å²) in [4.78, 5) is 23.3. The molecule has 2 atom stereocenters. The van der Waals surface area contributed by atoms with E-state index in [9.17, 15) is 9.59 Å². The summed E-state index contributed by atoms with van der Waals surface area (Å²) < 4.78 is 0. The monoisotopic (exact) mass is 280 g/mol. The second kappa shape index (κ2) is 6.06. The zero-order chi connectivity index (χ0) is 13.8. The summed E-state index contributed by atoms with van der Waals surface area (Å²) in [7, 11) is 0. The van der Waals surface area contributed by atoms with Crippen LogP contribution in [0.15, 0.2) is 24.3 Å². The summed E-state index contributed by atoms with van der Waals surface area (Å²) >= 11 is 5.75. The number of rotatable bonds is 5. The van der Waals surface area contributed by atoms with Gasteiger partial charge in [0.25, 0.3) is 5.91 Å². The molecule has 1 aromatic rings. The van der Waals surface area contributed by atoms with Crippen molar-refractivity contribution in [3.05, 3.63) is 34.9 Å². The predicted octanol–water partition coefficient (Wildman–Crippen LogP) is 1.84. The standard InChI is InChI=1S/C14H17ClN2O2/c1-9-8-12(9)14(19)17-7-6-16-13(18)10-2-4-11(15)5-3-10/h2-5,9,12H,6-8H2,1H3,(H,16,18)(H,17,19)/t9-,12+/m0/s1. The van der Waals surface area contributed by atoms with Crippen LogP contribution < -0.4 is 10.6 Å². The van der Waals surface area contributed by atoms with Crippen LogP contribution in [-0.4, -0.2) is 24.9 Å². The zero-order valence-electron chi connectivity index (χ0n) is 10.8. The van der Waals surface area contributed by atoms with Crippen LogP contribution in [0.1, 0.15) is 23.7 Å². The van der Waals surface area contributed by atoms with Gasteiger partial charge in [0, 0.05) is 29.6 Å². The molecule has 0 bridgehead atoms. The van der Waals surface area contributed by atoms with Gasteiger partial charge in [0.15, 0.2) is 0 Å². The van der Waals surface area contributed by atoms with E-state index in [0.717, 1.165) is 6.42 Å². The lowest BCUT2D eigenvalue weighted by atomic mass is 10.2. The molecule has 4 nitrogen and oxygen atoms in total. The van der Waals surface area contributed by atoms with Gasteiger partial charge in [-0.3, -0.25) is 9.59 Å². The third-order valence-corrected chi connectivity index (χ3v) is 3.51. The summed E-state index contributed by atoms with van der Waals surface area (Å²) in [5.41, 5.74) is 0.562. The lowest BCUT2D eigenvalue weighted by molar-refractivity contribution is -0.122. The van der Waals surface area contributed by atoms with Gasteiger partial charge in [-0.1, -0.05) is 18.5 Å². The molecule has 5 heteroatoms. The minimum atomic E-state index is -0.161. The molecule has 19 heavy (non-hydrogen) atoms. The van der Waals surface area contributed by atoms with Crippen LogP contribution in [0.25, 0.3) is 0 Å². The highest BCUT2D eigenvalue weighted by Gasteiger charge is 2.38. The molecule has 2 rings (SSSR count). The first kappa shape index (κ1) is 13.9. The Kier molecular flexibility index (Phi) is 4.43. The number of amides is 2. The van der Waals surface area contributed by atoms with E-state index in [0.29, 0.717) is 29.6 Å². The van der Waals surface area contributed by atoms with E-state index in [1.807, 2.05) is 0 Å². The Morgan fingerprint density at radius 2 is 1.79 bits per heavy atom. The first-order valence-corrected chi connectivity index (χ1v) is 6.77. The average Bonchev–Trinajstić information content (AvgIpc) is 3.12. The minimum Gasteiger partial charge on any atom is -0.354 e. The highest BCUT2D eigenvalue weighted by atomic mass is 35.5. The second-order valence-electron chi connectivity index (χ2n) is 4.87. The molecule has 1 fully saturated rings. The zero-order valence-corrected chi connectivity index (χ0v) is 11.5. The Hall–Kier alpha value is -1.55. The van der Waals surface area contributed by atoms with E-state index in [1.165, 1.54) is 0 Å². The molecule has 0 radical (unpaired) electrons. The van der Waals surface area contributed by atoms with Gasteiger partial charge < -0.3 is 10.6 Å². The first-order chi connectivity index (χ1) is 9.08. The van der Waals surface area contributed by atoms with Crippen molar-refractivity contribution in [3.8, 4) is 0 Å². The van der Waals surface area contributed by atoms with E-state index in [2.05, 4.69) is 17.6 Å². The number of carbonyl (C=O) groups excluding carboxylic acids is 2. The Bertz CT molecular complexity index is 473. The molecule has 102 valence electrons. The van der Waals surface area contributed by atoms with Gasteiger partial charge in [0.2, 0.25) is 5.91 Å². The van der Waals surface area contributed by atoms with E-state index in [-0.39, 0.29) is 17.7 Å². The van der Waals surface area contributed by atoms with Crippen LogP contribution in [0.5, 0.6) is 0 Å². The summed E-state index contributed by atoms with van der Waals surface area (Å²) in [6.07, 6.45) is 0.975. The smallest absolute Gasteiger partial charge is 0.251 e. The fourth-order valence-electron chi connectivity index (χ4n) is 1.88. The number of carbonyl (C=O) groups is 2. The van der Waals surface area contributed by atoms with Gasteiger partial charge in [-0.2, -0.15) is 0 Å². The van der Waals surface area contributed by atoms with Gasteiger partial charge in [-0.15, -0.1) is 0 Å². The normalized spacial score (nSPS) is 20.7. The third-order valence-electron chi connectivity index (χ3n) is 3.26. The van der Waals surface area contributed by atoms with E-state index in [1.54, 1.807) is 24.3 Å². The van der Waals surface area contributed by atoms with E-state index in [4.69, 9.17) is 11.6 Å². The van der Waals surface area contributed by atoms with Gasteiger partial charge in [0.1, 0.15) is 0 Å². The summed E-state index contributed by atoms with van der Waals surface area (Å²) in [5, 5.41) is 6.16. The number of nitrogens with one attached hydrogen (secondary N) is 2. The van der Waals surface area contributed by atoms with Crippen LogP contribution >= 0.6 is 11.6 Å². The van der Waals surface area contributed by atoms with Crippen molar-refractivity contribution < 1.29 is 9.59 Å². The molecule has 1 aliphatic rings. The Morgan fingerprint density at radius 1 is 1.21 bits per heavy atom. The number of benzene rings is 1. The van der Waals surface area contributed by atoms with Crippen molar-refractivity contribution >= 4 is 23.4 Å². The molecule has 1 aliphatic carbocycles. The highest BCUT2D eigenvalue weighted by molar-refractivity contribution is 6.30. The van der Waals surface area contributed by atoms with Gasteiger partial charge in [-0.25, -0.2) is 0 Å². The third kappa shape index (κ3) is 3.96. The summed E-state index contributed by atoms with van der Waals surface area (Å²) in [6, 6.07) is 6.68. The number of hydrogen-bond acceptors (Lipinski definition) is 2. The maximum Gasteiger partial charge on any atom is 0.251 e. The number of halogens is 1. The van der Waals surface area contributed by atoms with Crippen molar-refractivity contribution in [1.82, 2.24) is 10.6 Å². The quantitative estimate of drug-likeness (QED) is 0.809.